The van der Waals surface area contributed by atoms with Gasteiger partial charge in [-0.25, -0.2) is 14.0 Å². The molecule has 0 radical (unpaired) electrons. The summed E-state index contributed by atoms with van der Waals surface area (Å²) < 4.78 is 9.20. The molecule has 0 spiro atoms. The fraction of sp³-hybridized carbons (Fsp3) is 0.368. The van der Waals surface area contributed by atoms with Gasteiger partial charge in [0.05, 0.1) is 7.11 Å². The van der Waals surface area contributed by atoms with Gasteiger partial charge in [-0.1, -0.05) is 0 Å². The summed E-state index contributed by atoms with van der Waals surface area (Å²) in [7, 11) is 1.65. The molecule has 0 aliphatic heterocycles. The van der Waals surface area contributed by atoms with Crippen LogP contribution in [0.1, 0.15) is 19.3 Å². The summed E-state index contributed by atoms with van der Waals surface area (Å²) in [5, 5.41) is 12.4. The van der Waals surface area contributed by atoms with Crippen LogP contribution in [-0.2, 0) is 0 Å². The molecule has 4 heterocycles. The van der Waals surface area contributed by atoms with E-state index in [9.17, 15) is 0 Å². The molecule has 2 atom stereocenters. The topological polar surface area (TPSA) is 81.6 Å². The molecule has 2 aliphatic carbocycles. The summed E-state index contributed by atoms with van der Waals surface area (Å²) in [6, 6.07) is 6.47. The Balaban J connectivity index is 1.41. The molecule has 8 nitrogen and oxygen atoms in total. The van der Waals surface area contributed by atoms with Crippen molar-refractivity contribution >= 4 is 17.1 Å². The van der Waals surface area contributed by atoms with Crippen LogP contribution in [0, 0.1) is 11.8 Å². The van der Waals surface area contributed by atoms with Crippen LogP contribution in [0.4, 0.5) is 5.95 Å². The van der Waals surface area contributed by atoms with E-state index >= 15 is 0 Å². The molecule has 2 aliphatic rings. The number of pyridine rings is 1. The fourth-order valence-electron chi connectivity index (χ4n) is 4.42. The van der Waals surface area contributed by atoms with Crippen molar-refractivity contribution in [1.82, 2.24) is 29.2 Å². The Hall–Kier alpha value is -3.16. The Morgan fingerprint density at radius 1 is 1.11 bits per heavy atom. The van der Waals surface area contributed by atoms with Crippen molar-refractivity contribution in [3.63, 3.8) is 0 Å². The van der Waals surface area contributed by atoms with E-state index in [1.54, 1.807) is 18.0 Å². The van der Waals surface area contributed by atoms with Gasteiger partial charge < -0.3 is 10.1 Å². The smallest absolute Gasteiger partial charge is 0.244 e. The van der Waals surface area contributed by atoms with Crippen molar-refractivity contribution in [2.24, 2.45) is 11.8 Å². The number of hydrogen-bond acceptors (Lipinski definition) is 6. The maximum atomic E-state index is 5.61. The number of ether oxygens (including phenoxy) is 1. The molecule has 27 heavy (non-hydrogen) atoms. The zero-order valence-electron chi connectivity index (χ0n) is 14.9. The lowest BCUT2D eigenvalue weighted by Gasteiger charge is -2.15. The Kier molecular flexibility index (Phi) is 3.00. The zero-order valence-corrected chi connectivity index (χ0v) is 14.9. The number of methoxy groups -OCH3 is 1. The maximum Gasteiger partial charge on any atom is 0.244 e. The van der Waals surface area contributed by atoms with Gasteiger partial charge in [0.2, 0.25) is 11.8 Å². The molecule has 8 heteroatoms. The molecule has 1 N–H and O–H groups in total. The number of rotatable bonds is 4. The second kappa shape index (κ2) is 5.42. The average Bonchev–Trinajstić information content (AvgIpc) is 3.09. The molecule has 2 fully saturated rings. The third kappa shape index (κ3) is 2.36. The number of nitrogens with zero attached hydrogens (tertiary/aromatic N) is 6. The molecule has 6 rings (SSSR count). The molecule has 0 bridgehead atoms. The van der Waals surface area contributed by atoms with Crippen LogP contribution < -0.4 is 10.1 Å². The Morgan fingerprint density at radius 2 is 2.00 bits per heavy atom. The minimum absolute atomic E-state index is 0.473. The van der Waals surface area contributed by atoms with Crippen molar-refractivity contribution in [2.75, 3.05) is 12.4 Å². The molecule has 2 saturated carbocycles. The summed E-state index contributed by atoms with van der Waals surface area (Å²) in [5.74, 6) is 3.02. The first-order chi connectivity index (χ1) is 13.3. The van der Waals surface area contributed by atoms with E-state index in [-0.39, 0.29) is 0 Å². The highest BCUT2D eigenvalue weighted by Gasteiger charge is 2.46. The molecule has 2 unspecified atom stereocenters. The van der Waals surface area contributed by atoms with Crippen molar-refractivity contribution in [2.45, 2.75) is 25.3 Å². The van der Waals surface area contributed by atoms with E-state index in [4.69, 9.17) is 4.74 Å². The van der Waals surface area contributed by atoms with Gasteiger partial charge >= 0.3 is 0 Å². The molecule has 0 saturated heterocycles. The van der Waals surface area contributed by atoms with Crippen LogP contribution in [0.5, 0.6) is 5.88 Å². The highest BCUT2D eigenvalue weighted by atomic mass is 16.5. The van der Waals surface area contributed by atoms with Gasteiger partial charge in [-0.2, -0.15) is 10.1 Å². The second-order valence-corrected chi connectivity index (χ2v) is 7.52. The van der Waals surface area contributed by atoms with Crippen LogP contribution in [0.15, 0.2) is 36.9 Å². The van der Waals surface area contributed by atoms with Crippen molar-refractivity contribution < 1.29 is 4.74 Å². The number of nitrogens with one attached hydrogen (secondary N) is 1. The number of anilines is 1. The zero-order chi connectivity index (χ0) is 18.0. The van der Waals surface area contributed by atoms with Gasteiger partial charge in [-0.3, -0.25) is 0 Å². The molecular formula is C19H19N7O. The highest BCUT2D eigenvalue weighted by Crippen LogP contribution is 2.52. The summed E-state index contributed by atoms with van der Waals surface area (Å²) in [5.41, 5.74) is 3.66. The Bertz CT molecular complexity index is 1150. The van der Waals surface area contributed by atoms with E-state index in [1.165, 1.54) is 19.3 Å². The monoisotopic (exact) mass is 361 g/mol. The van der Waals surface area contributed by atoms with Gasteiger partial charge in [-0.15, -0.1) is 5.10 Å². The molecule has 0 amide bonds. The van der Waals surface area contributed by atoms with Crippen LogP contribution in [0.25, 0.3) is 22.3 Å². The van der Waals surface area contributed by atoms with Gasteiger partial charge in [0.15, 0.2) is 5.65 Å². The van der Waals surface area contributed by atoms with Gasteiger partial charge in [0, 0.05) is 29.6 Å². The lowest BCUT2D eigenvalue weighted by atomic mass is 10.1. The van der Waals surface area contributed by atoms with Crippen LogP contribution in [0.2, 0.25) is 0 Å². The maximum absolute atomic E-state index is 5.61. The summed E-state index contributed by atoms with van der Waals surface area (Å²) in [6.45, 7) is 0. The summed E-state index contributed by atoms with van der Waals surface area (Å²) in [6.07, 6.45) is 9.29. The number of aromatic nitrogens is 6. The van der Waals surface area contributed by atoms with Gasteiger partial charge in [0.25, 0.3) is 0 Å². The first-order valence-corrected chi connectivity index (χ1v) is 9.28. The standard InChI is InChI=1S/C19H19N7O/c1-27-18-17-15(11-2-3-16-20-10-21-26(16)9-11)4-5-25(17)24-19(23-18)22-14-7-12-6-13(12)8-14/h2-5,9-10,12-14H,6-8H2,1H3,(H,22,24). The third-order valence-electron chi connectivity index (χ3n) is 5.83. The van der Waals surface area contributed by atoms with E-state index < -0.39 is 0 Å². The lowest BCUT2D eigenvalue weighted by molar-refractivity contribution is 0.399. The van der Waals surface area contributed by atoms with E-state index in [1.807, 2.05) is 35.1 Å². The van der Waals surface area contributed by atoms with Crippen LogP contribution in [-0.4, -0.2) is 42.3 Å². The van der Waals surface area contributed by atoms with Gasteiger partial charge in [-0.05, 0) is 49.3 Å². The molecule has 136 valence electrons. The van der Waals surface area contributed by atoms with Crippen molar-refractivity contribution in [3.8, 4) is 17.0 Å². The Morgan fingerprint density at radius 3 is 2.85 bits per heavy atom. The van der Waals surface area contributed by atoms with Crippen LogP contribution >= 0.6 is 0 Å². The lowest BCUT2D eigenvalue weighted by Crippen LogP contribution is -2.19. The second-order valence-electron chi connectivity index (χ2n) is 7.52. The molecule has 4 aromatic rings. The molecule has 4 aromatic heterocycles. The minimum atomic E-state index is 0.473. The van der Waals surface area contributed by atoms with E-state index in [0.717, 1.165) is 34.1 Å². The number of fused-ring (bicyclic) bond motifs is 3. The summed E-state index contributed by atoms with van der Waals surface area (Å²) in [4.78, 5) is 8.83. The highest BCUT2D eigenvalue weighted by molar-refractivity contribution is 5.84. The molecule has 0 aromatic carbocycles. The number of hydrogen-bond donors (Lipinski definition) is 1. The van der Waals surface area contributed by atoms with Gasteiger partial charge in [0.1, 0.15) is 11.8 Å². The average molecular weight is 361 g/mol. The quantitative estimate of drug-likeness (QED) is 0.602. The fourth-order valence-corrected chi connectivity index (χ4v) is 4.42. The van der Waals surface area contributed by atoms with Crippen LogP contribution in [0.3, 0.4) is 0 Å². The van der Waals surface area contributed by atoms with E-state index in [0.29, 0.717) is 17.9 Å². The minimum Gasteiger partial charge on any atom is -0.479 e. The first kappa shape index (κ1) is 15.0. The Labute approximate surface area is 155 Å². The first-order valence-electron chi connectivity index (χ1n) is 9.28. The van der Waals surface area contributed by atoms with Crippen molar-refractivity contribution in [3.05, 3.63) is 36.9 Å². The predicted molar refractivity (Wildman–Crippen MR) is 99.8 cm³/mol. The third-order valence-corrected chi connectivity index (χ3v) is 5.83. The predicted octanol–water partition coefficient (Wildman–Crippen LogP) is 2.66. The summed E-state index contributed by atoms with van der Waals surface area (Å²) >= 11 is 0. The van der Waals surface area contributed by atoms with Crippen molar-refractivity contribution in [1.29, 1.82) is 0 Å². The SMILES string of the molecule is COc1nc(NC2CC3CC3C2)nn2ccc(-c3ccc4ncnn4c3)c12. The van der Waals surface area contributed by atoms with E-state index in [2.05, 4.69) is 25.5 Å². The normalized spacial score (nSPS) is 23.7. The molecular weight excluding hydrogens is 342 g/mol. The largest absolute Gasteiger partial charge is 0.479 e.